The summed E-state index contributed by atoms with van der Waals surface area (Å²) in [5.74, 6) is -0.340. The van der Waals surface area contributed by atoms with Crippen molar-refractivity contribution < 1.29 is 13.9 Å². The van der Waals surface area contributed by atoms with Gasteiger partial charge in [0.25, 0.3) is 0 Å². The van der Waals surface area contributed by atoms with Crippen LogP contribution in [0.1, 0.15) is 13.3 Å². The molecule has 0 bridgehead atoms. The van der Waals surface area contributed by atoms with Crippen LogP contribution in [0.5, 0.6) is 5.75 Å². The van der Waals surface area contributed by atoms with Gasteiger partial charge in [0.1, 0.15) is 0 Å². The average molecular weight is 280 g/mol. The van der Waals surface area contributed by atoms with Crippen molar-refractivity contribution in [3.05, 3.63) is 29.4 Å². The largest absolute Gasteiger partial charge is 0.494 e. The summed E-state index contributed by atoms with van der Waals surface area (Å²) in [6.07, 6.45) is 0.395. The Hall–Kier alpha value is -1.95. The Balaban J connectivity index is 2.23. The predicted octanol–water partition coefficient (Wildman–Crippen LogP) is 3.31. The van der Waals surface area contributed by atoms with Crippen molar-refractivity contribution in [1.82, 2.24) is 4.98 Å². The summed E-state index contributed by atoms with van der Waals surface area (Å²) in [4.78, 5) is 15.5. The molecular formula is C13H13FN2O2S. The van der Waals surface area contributed by atoms with Crippen LogP contribution < -0.4 is 10.1 Å². The van der Waals surface area contributed by atoms with Gasteiger partial charge in [-0.1, -0.05) is 6.92 Å². The molecule has 2 rings (SSSR count). The predicted molar refractivity (Wildman–Crippen MR) is 73.0 cm³/mol. The van der Waals surface area contributed by atoms with Gasteiger partial charge in [-0.25, -0.2) is 9.37 Å². The van der Waals surface area contributed by atoms with Crippen LogP contribution in [-0.2, 0) is 4.79 Å². The second-order valence-corrected chi connectivity index (χ2v) is 4.65. The average Bonchev–Trinajstić information content (AvgIpc) is 2.87. The molecule has 0 aliphatic heterocycles. The van der Waals surface area contributed by atoms with E-state index in [0.717, 1.165) is 0 Å². The summed E-state index contributed by atoms with van der Waals surface area (Å²) in [5, 5.41) is 4.95. The van der Waals surface area contributed by atoms with Gasteiger partial charge in [0.15, 0.2) is 16.7 Å². The molecule has 0 spiro atoms. The second kappa shape index (κ2) is 5.79. The number of nitrogens with zero attached hydrogens (tertiary/aromatic N) is 1. The lowest BCUT2D eigenvalue weighted by molar-refractivity contribution is -0.115. The number of rotatable bonds is 4. The van der Waals surface area contributed by atoms with E-state index in [1.54, 1.807) is 24.4 Å². The molecule has 0 radical (unpaired) electrons. The first-order valence-electron chi connectivity index (χ1n) is 5.73. The van der Waals surface area contributed by atoms with Gasteiger partial charge in [0, 0.05) is 17.4 Å². The first-order chi connectivity index (χ1) is 9.13. The lowest BCUT2D eigenvalue weighted by Crippen LogP contribution is -2.08. The number of amides is 1. The Bertz CT molecular complexity index is 598. The number of carbonyl (C=O) groups excluding carboxylic acids is 1. The molecule has 1 N–H and O–H groups in total. The number of aromatic nitrogens is 1. The number of methoxy groups -OCH3 is 1. The van der Waals surface area contributed by atoms with Crippen LogP contribution in [0, 0.1) is 5.82 Å². The third kappa shape index (κ3) is 3.08. The fourth-order valence-corrected chi connectivity index (χ4v) is 2.23. The van der Waals surface area contributed by atoms with E-state index in [-0.39, 0.29) is 11.7 Å². The van der Waals surface area contributed by atoms with Crippen molar-refractivity contribution in [3.63, 3.8) is 0 Å². The molecular weight excluding hydrogens is 267 g/mol. The van der Waals surface area contributed by atoms with Gasteiger partial charge in [-0.15, -0.1) is 11.3 Å². The van der Waals surface area contributed by atoms with Crippen LogP contribution in [0.15, 0.2) is 23.6 Å². The molecule has 0 atom stereocenters. The molecule has 100 valence electrons. The quantitative estimate of drug-likeness (QED) is 0.934. The molecule has 1 amide bonds. The van der Waals surface area contributed by atoms with Gasteiger partial charge >= 0.3 is 0 Å². The number of ether oxygens (including phenoxy) is 1. The zero-order valence-electron chi connectivity index (χ0n) is 10.6. The maximum Gasteiger partial charge on any atom is 0.225 e. The van der Waals surface area contributed by atoms with E-state index in [4.69, 9.17) is 4.74 Å². The zero-order chi connectivity index (χ0) is 13.8. The molecule has 6 heteroatoms. The van der Waals surface area contributed by atoms with Crippen molar-refractivity contribution in [1.29, 1.82) is 0 Å². The van der Waals surface area contributed by atoms with Crippen LogP contribution in [-0.4, -0.2) is 18.0 Å². The van der Waals surface area contributed by atoms with Crippen molar-refractivity contribution in [2.24, 2.45) is 0 Å². The van der Waals surface area contributed by atoms with Gasteiger partial charge in [-0.2, -0.15) is 0 Å². The Kier molecular flexibility index (Phi) is 4.11. The van der Waals surface area contributed by atoms with E-state index < -0.39 is 5.82 Å². The normalized spacial score (nSPS) is 10.3. The molecule has 0 unspecified atom stereocenters. The van der Waals surface area contributed by atoms with Crippen LogP contribution in [0.2, 0.25) is 0 Å². The van der Waals surface area contributed by atoms with E-state index in [0.29, 0.717) is 22.8 Å². The SMILES string of the molecule is CCC(=O)Nc1nc(-c2ccc(OC)c(F)c2)cs1. The summed E-state index contributed by atoms with van der Waals surface area (Å²) in [5.41, 5.74) is 1.27. The fraction of sp³-hybridized carbons (Fsp3) is 0.231. The molecule has 0 saturated heterocycles. The third-order valence-corrected chi connectivity index (χ3v) is 3.28. The molecule has 0 saturated carbocycles. The molecule has 19 heavy (non-hydrogen) atoms. The zero-order valence-corrected chi connectivity index (χ0v) is 11.4. The topological polar surface area (TPSA) is 51.2 Å². The van der Waals surface area contributed by atoms with E-state index in [1.165, 1.54) is 24.5 Å². The summed E-state index contributed by atoms with van der Waals surface area (Å²) >= 11 is 1.31. The maximum absolute atomic E-state index is 13.6. The number of thiazole rings is 1. The van der Waals surface area contributed by atoms with Gasteiger partial charge in [0.2, 0.25) is 5.91 Å². The Labute approximate surface area is 114 Å². The van der Waals surface area contributed by atoms with E-state index in [2.05, 4.69) is 10.3 Å². The summed E-state index contributed by atoms with van der Waals surface area (Å²) < 4.78 is 18.4. The van der Waals surface area contributed by atoms with Crippen molar-refractivity contribution in [2.45, 2.75) is 13.3 Å². The summed E-state index contributed by atoms with van der Waals surface area (Å²) in [7, 11) is 1.42. The number of anilines is 1. The van der Waals surface area contributed by atoms with Gasteiger partial charge in [-0.05, 0) is 18.2 Å². The number of carbonyl (C=O) groups is 1. The molecule has 1 aromatic carbocycles. The number of halogens is 1. The fourth-order valence-electron chi connectivity index (χ4n) is 1.50. The van der Waals surface area contributed by atoms with E-state index >= 15 is 0 Å². The van der Waals surface area contributed by atoms with E-state index in [9.17, 15) is 9.18 Å². The molecule has 0 fully saturated rings. The van der Waals surface area contributed by atoms with Crippen molar-refractivity contribution >= 4 is 22.4 Å². The molecule has 4 nitrogen and oxygen atoms in total. The van der Waals surface area contributed by atoms with Crippen LogP contribution >= 0.6 is 11.3 Å². The lowest BCUT2D eigenvalue weighted by Gasteiger charge is -2.03. The van der Waals surface area contributed by atoms with Crippen LogP contribution in [0.3, 0.4) is 0 Å². The first-order valence-corrected chi connectivity index (χ1v) is 6.61. The number of benzene rings is 1. The minimum absolute atomic E-state index is 0.0955. The molecule has 1 aromatic heterocycles. The summed E-state index contributed by atoms with van der Waals surface area (Å²) in [6, 6.07) is 4.63. The highest BCUT2D eigenvalue weighted by atomic mass is 32.1. The Morgan fingerprint density at radius 2 is 2.32 bits per heavy atom. The minimum atomic E-state index is -0.438. The maximum atomic E-state index is 13.6. The summed E-state index contributed by atoms with van der Waals surface area (Å²) in [6.45, 7) is 1.77. The third-order valence-electron chi connectivity index (χ3n) is 2.52. The van der Waals surface area contributed by atoms with Crippen molar-refractivity contribution in [3.8, 4) is 17.0 Å². The Morgan fingerprint density at radius 3 is 2.95 bits per heavy atom. The van der Waals surface area contributed by atoms with Gasteiger partial charge in [-0.3, -0.25) is 4.79 Å². The highest BCUT2D eigenvalue weighted by Gasteiger charge is 2.09. The monoisotopic (exact) mass is 280 g/mol. The van der Waals surface area contributed by atoms with Gasteiger partial charge in [0.05, 0.1) is 12.8 Å². The van der Waals surface area contributed by atoms with Crippen LogP contribution in [0.25, 0.3) is 11.3 Å². The smallest absolute Gasteiger partial charge is 0.225 e. The van der Waals surface area contributed by atoms with Gasteiger partial charge < -0.3 is 10.1 Å². The van der Waals surface area contributed by atoms with Crippen molar-refractivity contribution in [2.75, 3.05) is 12.4 Å². The number of nitrogens with one attached hydrogen (secondary N) is 1. The molecule has 1 heterocycles. The second-order valence-electron chi connectivity index (χ2n) is 3.79. The molecule has 0 aliphatic rings. The highest BCUT2D eigenvalue weighted by Crippen LogP contribution is 2.28. The standard InChI is InChI=1S/C13H13FN2O2S/c1-3-12(17)16-13-15-10(7-19-13)8-4-5-11(18-2)9(14)6-8/h4-7H,3H2,1-2H3,(H,15,16,17). The first kappa shape index (κ1) is 13.5. The number of hydrogen-bond acceptors (Lipinski definition) is 4. The van der Waals surface area contributed by atoms with Crippen LogP contribution in [0.4, 0.5) is 9.52 Å². The Morgan fingerprint density at radius 1 is 1.53 bits per heavy atom. The lowest BCUT2D eigenvalue weighted by atomic mass is 10.1. The molecule has 2 aromatic rings. The highest BCUT2D eigenvalue weighted by molar-refractivity contribution is 7.14. The molecule has 0 aliphatic carbocycles. The minimum Gasteiger partial charge on any atom is -0.494 e. The number of hydrogen-bond donors (Lipinski definition) is 1. The van der Waals surface area contributed by atoms with E-state index in [1.807, 2.05) is 0 Å².